The maximum absolute atomic E-state index is 5.56. The van der Waals surface area contributed by atoms with Crippen LogP contribution in [0.1, 0.15) is 5.56 Å². The Balaban J connectivity index is 1.68. The van der Waals surface area contributed by atoms with Crippen LogP contribution < -0.4 is 9.64 Å². The second kappa shape index (κ2) is 8.23. The summed E-state index contributed by atoms with van der Waals surface area (Å²) in [5.74, 6) is 2.38. The van der Waals surface area contributed by atoms with E-state index in [0.29, 0.717) is 36.3 Å². The molecule has 1 aromatic carbocycles. The van der Waals surface area contributed by atoms with E-state index in [-0.39, 0.29) is 0 Å². The Kier molecular flexibility index (Phi) is 5.13. The lowest BCUT2D eigenvalue weighted by Gasteiger charge is -2.28. The standard InChI is InChI=1S/C23H22N6O2/c1-15-5-3-6-16(13-15)21-25-14-18(30-2)20(27-21)22-26-17-7-4-8-24-19(17)23(28-22)29-9-11-31-12-10-29/h3-8,13-14H,9-12H2,1-2H3. The molecule has 0 bridgehead atoms. The fraction of sp³-hybridized carbons (Fsp3) is 0.261. The Morgan fingerprint density at radius 1 is 0.968 bits per heavy atom. The maximum Gasteiger partial charge on any atom is 0.184 e. The van der Waals surface area contributed by atoms with Gasteiger partial charge in [0, 0.05) is 24.8 Å². The average Bonchev–Trinajstić information content (AvgIpc) is 2.83. The van der Waals surface area contributed by atoms with E-state index >= 15 is 0 Å². The second-order valence-electron chi connectivity index (χ2n) is 7.32. The van der Waals surface area contributed by atoms with Crippen LogP contribution >= 0.6 is 0 Å². The van der Waals surface area contributed by atoms with E-state index < -0.39 is 0 Å². The van der Waals surface area contributed by atoms with E-state index in [9.17, 15) is 0 Å². The van der Waals surface area contributed by atoms with Crippen LogP contribution in [0.4, 0.5) is 5.82 Å². The van der Waals surface area contributed by atoms with Crippen molar-refractivity contribution in [1.29, 1.82) is 0 Å². The molecule has 0 radical (unpaired) electrons. The van der Waals surface area contributed by atoms with Crippen molar-refractivity contribution in [3.63, 3.8) is 0 Å². The molecule has 4 aromatic rings. The van der Waals surface area contributed by atoms with Gasteiger partial charge in [0.2, 0.25) is 0 Å². The third-order valence-electron chi connectivity index (χ3n) is 5.21. The molecule has 0 amide bonds. The van der Waals surface area contributed by atoms with Gasteiger partial charge in [0.1, 0.15) is 5.52 Å². The summed E-state index contributed by atoms with van der Waals surface area (Å²) in [4.78, 5) is 25.6. The lowest BCUT2D eigenvalue weighted by atomic mass is 10.1. The zero-order chi connectivity index (χ0) is 21.2. The summed E-state index contributed by atoms with van der Waals surface area (Å²) < 4.78 is 11.1. The van der Waals surface area contributed by atoms with Gasteiger partial charge in [-0.1, -0.05) is 23.8 Å². The fourth-order valence-corrected chi connectivity index (χ4v) is 3.66. The van der Waals surface area contributed by atoms with Crippen molar-refractivity contribution < 1.29 is 9.47 Å². The average molecular weight is 414 g/mol. The van der Waals surface area contributed by atoms with Gasteiger partial charge >= 0.3 is 0 Å². The number of ether oxygens (including phenoxy) is 2. The number of morpholine rings is 1. The molecular weight excluding hydrogens is 392 g/mol. The zero-order valence-electron chi connectivity index (χ0n) is 17.4. The van der Waals surface area contributed by atoms with Crippen molar-refractivity contribution in [2.45, 2.75) is 6.92 Å². The quantitative estimate of drug-likeness (QED) is 0.503. The molecule has 156 valence electrons. The first-order valence-corrected chi connectivity index (χ1v) is 10.2. The van der Waals surface area contributed by atoms with Crippen LogP contribution in [0.15, 0.2) is 48.8 Å². The number of methoxy groups -OCH3 is 1. The first-order chi connectivity index (χ1) is 15.2. The summed E-state index contributed by atoms with van der Waals surface area (Å²) in [6.07, 6.45) is 3.43. The van der Waals surface area contributed by atoms with Crippen molar-refractivity contribution >= 4 is 16.9 Å². The van der Waals surface area contributed by atoms with Crippen LogP contribution in [0.25, 0.3) is 33.9 Å². The van der Waals surface area contributed by atoms with Crippen molar-refractivity contribution in [2.75, 3.05) is 38.3 Å². The van der Waals surface area contributed by atoms with Crippen molar-refractivity contribution in [1.82, 2.24) is 24.9 Å². The molecule has 1 aliphatic rings. The molecule has 3 aromatic heterocycles. The summed E-state index contributed by atoms with van der Waals surface area (Å²) in [5, 5.41) is 0. The minimum atomic E-state index is 0.482. The number of rotatable bonds is 4. The summed E-state index contributed by atoms with van der Waals surface area (Å²) >= 11 is 0. The second-order valence-corrected chi connectivity index (χ2v) is 7.32. The van der Waals surface area contributed by atoms with E-state index in [2.05, 4.69) is 20.9 Å². The number of anilines is 1. The molecule has 1 aliphatic heterocycles. The van der Waals surface area contributed by atoms with Gasteiger partial charge in [-0.25, -0.2) is 19.9 Å². The Bertz CT molecular complexity index is 1240. The predicted molar refractivity (Wildman–Crippen MR) is 118 cm³/mol. The topological polar surface area (TPSA) is 86.2 Å². The van der Waals surface area contributed by atoms with Crippen LogP contribution in [0.3, 0.4) is 0 Å². The summed E-state index contributed by atoms with van der Waals surface area (Å²) in [6.45, 7) is 4.85. The molecule has 0 atom stereocenters. The highest BCUT2D eigenvalue weighted by Gasteiger charge is 2.21. The summed E-state index contributed by atoms with van der Waals surface area (Å²) in [5.41, 5.74) is 4.14. The SMILES string of the molecule is COc1cnc(-c2cccc(C)c2)nc1-c1nc(N2CCOCC2)c2ncccc2n1. The third kappa shape index (κ3) is 3.77. The van der Waals surface area contributed by atoms with Crippen molar-refractivity contribution in [3.05, 3.63) is 54.4 Å². The number of fused-ring (bicyclic) bond motifs is 1. The number of hydrogen-bond donors (Lipinski definition) is 0. The first-order valence-electron chi connectivity index (χ1n) is 10.2. The van der Waals surface area contributed by atoms with Crippen molar-refractivity contribution in [2.24, 2.45) is 0 Å². The van der Waals surface area contributed by atoms with Gasteiger partial charge in [0.05, 0.1) is 32.0 Å². The number of nitrogens with zero attached hydrogens (tertiary/aromatic N) is 6. The van der Waals surface area contributed by atoms with Crippen LogP contribution in [0.5, 0.6) is 5.75 Å². The fourth-order valence-electron chi connectivity index (χ4n) is 3.66. The molecule has 0 spiro atoms. The Morgan fingerprint density at radius 3 is 2.65 bits per heavy atom. The monoisotopic (exact) mass is 414 g/mol. The Hall–Kier alpha value is -3.65. The van der Waals surface area contributed by atoms with Crippen LogP contribution in [0.2, 0.25) is 0 Å². The summed E-state index contributed by atoms with van der Waals surface area (Å²) in [6, 6.07) is 11.9. The van der Waals surface area contributed by atoms with Crippen LogP contribution in [-0.2, 0) is 4.74 Å². The van der Waals surface area contributed by atoms with E-state index in [0.717, 1.165) is 41.1 Å². The Morgan fingerprint density at radius 2 is 1.84 bits per heavy atom. The van der Waals surface area contributed by atoms with E-state index in [4.69, 9.17) is 24.4 Å². The van der Waals surface area contributed by atoms with E-state index in [1.165, 1.54) is 0 Å². The summed E-state index contributed by atoms with van der Waals surface area (Å²) in [7, 11) is 1.60. The zero-order valence-corrected chi connectivity index (χ0v) is 17.4. The molecule has 0 unspecified atom stereocenters. The molecule has 8 nitrogen and oxygen atoms in total. The van der Waals surface area contributed by atoms with Crippen molar-refractivity contribution in [3.8, 4) is 28.7 Å². The molecule has 4 heterocycles. The highest BCUT2D eigenvalue weighted by Crippen LogP contribution is 2.31. The van der Waals surface area contributed by atoms with Gasteiger partial charge in [0.15, 0.2) is 28.9 Å². The van der Waals surface area contributed by atoms with Gasteiger partial charge in [-0.15, -0.1) is 0 Å². The molecule has 1 fully saturated rings. The van der Waals surface area contributed by atoms with Gasteiger partial charge in [-0.05, 0) is 25.1 Å². The highest BCUT2D eigenvalue weighted by molar-refractivity contribution is 5.87. The molecule has 31 heavy (non-hydrogen) atoms. The third-order valence-corrected chi connectivity index (χ3v) is 5.21. The largest absolute Gasteiger partial charge is 0.493 e. The molecule has 8 heteroatoms. The highest BCUT2D eigenvalue weighted by atomic mass is 16.5. The smallest absolute Gasteiger partial charge is 0.184 e. The van der Waals surface area contributed by atoms with Gasteiger partial charge in [-0.3, -0.25) is 4.98 Å². The predicted octanol–water partition coefficient (Wildman–Crippen LogP) is 3.30. The number of aromatic nitrogens is 5. The number of hydrogen-bond acceptors (Lipinski definition) is 8. The number of aryl methyl sites for hydroxylation is 1. The van der Waals surface area contributed by atoms with Gasteiger partial charge in [0.25, 0.3) is 0 Å². The minimum absolute atomic E-state index is 0.482. The lowest BCUT2D eigenvalue weighted by Crippen LogP contribution is -2.37. The number of benzene rings is 1. The normalized spacial score (nSPS) is 14.1. The van der Waals surface area contributed by atoms with Gasteiger partial charge < -0.3 is 14.4 Å². The van der Waals surface area contributed by atoms with Crippen LogP contribution in [0, 0.1) is 6.92 Å². The maximum atomic E-state index is 5.56. The van der Waals surface area contributed by atoms with E-state index in [1.54, 1.807) is 19.5 Å². The van der Waals surface area contributed by atoms with E-state index in [1.807, 2.05) is 37.3 Å². The molecule has 0 aliphatic carbocycles. The first kappa shape index (κ1) is 19.3. The van der Waals surface area contributed by atoms with Crippen LogP contribution in [-0.4, -0.2) is 58.3 Å². The molecule has 0 N–H and O–H groups in total. The lowest BCUT2D eigenvalue weighted by molar-refractivity contribution is 0.122. The molecule has 0 saturated carbocycles. The molecule has 5 rings (SSSR count). The Labute approximate surface area is 179 Å². The molecule has 1 saturated heterocycles. The minimum Gasteiger partial charge on any atom is -0.493 e. The number of pyridine rings is 1. The van der Waals surface area contributed by atoms with Gasteiger partial charge in [-0.2, -0.15) is 0 Å². The molecular formula is C23H22N6O2.